The molecule has 0 unspecified atom stereocenters. The summed E-state index contributed by atoms with van der Waals surface area (Å²) >= 11 is 6.94. The summed E-state index contributed by atoms with van der Waals surface area (Å²) in [5.74, 6) is 0.612. The van der Waals surface area contributed by atoms with Gasteiger partial charge in [-0.2, -0.15) is 13.2 Å². The van der Waals surface area contributed by atoms with E-state index in [2.05, 4.69) is 10.3 Å². The predicted octanol–water partition coefficient (Wildman–Crippen LogP) is 5.27. The van der Waals surface area contributed by atoms with Gasteiger partial charge in [0.15, 0.2) is 16.7 Å². The second-order valence-corrected chi connectivity index (χ2v) is 7.20. The number of halogens is 4. The second kappa shape index (κ2) is 8.38. The predicted molar refractivity (Wildman–Crippen MR) is 107 cm³/mol. The van der Waals surface area contributed by atoms with Gasteiger partial charge in [-0.25, -0.2) is 4.99 Å². The molecule has 1 fully saturated rings. The van der Waals surface area contributed by atoms with Gasteiger partial charge in [0.05, 0.1) is 35.4 Å². The highest BCUT2D eigenvalue weighted by Crippen LogP contribution is 2.37. The summed E-state index contributed by atoms with van der Waals surface area (Å²) in [5, 5.41) is 2.69. The third-order valence-corrected chi connectivity index (χ3v) is 5.08. The van der Waals surface area contributed by atoms with Crippen molar-refractivity contribution in [2.75, 3.05) is 14.2 Å². The second-order valence-electron chi connectivity index (χ2n) is 5.76. The average molecular weight is 443 g/mol. The molecule has 10 heteroatoms. The standard InChI is InChI=1S/C19H14ClF3N2O3S/c1-27-14-6-3-10(7-15(14)28-2)8-16-17(26)25-18(29-16)24-13-9-11(19(21,22)23)4-5-12(13)20/h3-9H,1-2H3,(H,24,25,26)/b16-8-. The number of rotatable bonds is 4. The maximum atomic E-state index is 12.9. The lowest BCUT2D eigenvalue weighted by Crippen LogP contribution is -2.19. The van der Waals surface area contributed by atoms with Crippen molar-refractivity contribution >= 4 is 46.2 Å². The number of carbonyl (C=O) groups excluding carboxylic acids is 1. The number of nitrogens with zero attached hydrogens (tertiary/aromatic N) is 1. The van der Waals surface area contributed by atoms with Gasteiger partial charge in [-0.3, -0.25) is 4.79 Å². The van der Waals surface area contributed by atoms with Gasteiger partial charge in [-0.1, -0.05) is 17.7 Å². The number of carbonyl (C=O) groups is 1. The first-order valence-electron chi connectivity index (χ1n) is 8.09. The van der Waals surface area contributed by atoms with Crippen LogP contribution in [0.3, 0.4) is 0 Å². The van der Waals surface area contributed by atoms with Crippen LogP contribution in [-0.4, -0.2) is 25.3 Å². The lowest BCUT2D eigenvalue weighted by Gasteiger charge is -2.08. The molecule has 1 N–H and O–H groups in total. The fraction of sp³-hybridized carbons (Fsp3) is 0.158. The molecule has 2 aromatic carbocycles. The number of thioether (sulfide) groups is 1. The largest absolute Gasteiger partial charge is 0.493 e. The van der Waals surface area contributed by atoms with Crippen LogP contribution >= 0.6 is 23.4 Å². The molecule has 1 saturated heterocycles. The molecule has 0 bridgehead atoms. The van der Waals surface area contributed by atoms with Crippen molar-refractivity contribution in [3.05, 3.63) is 57.5 Å². The van der Waals surface area contributed by atoms with Crippen LogP contribution in [-0.2, 0) is 11.0 Å². The molecular weight excluding hydrogens is 429 g/mol. The van der Waals surface area contributed by atoms with Crippen LogP contribution in [0, 0.1) is 0 Å². The Kier molecular flexibility index (Phi) is 6.09. The van der Waals surface area contributed by atoms with E-state index in [1.165, 1.54) is 14.2 Å². The molecule has 29 heavy (non-hydrogen) atoms. The van der Waals surface area contributed by atoms with E-state index in [1.54, 1.807) is 24.3 Å². The molecular formula is C19H14ClF3N2O3S. The summed E-state index contributed by atoms with van der Waals surface area (Å²) in [6.45, 7) is 0. The van der Waals surface area contributed by atoms with Crippen molar-refractivity contribution in [2.24, 2.45) is 4.99 Å². The highest BCUT2D eigenvalue weighted by Gasteiger charge is 2.31. The van der Waals surface area contributed by atoms with Gasteiger partial charge in [0.2, 0.25) is 0 Å². The third kappa shape index (κ3) is 4.86. The van der Waals surface area contributed by atoms with Gasteiger partial charge in [0.25, 0.3) is 5.91 Å². The monoisotopic (exact) mass is 442 g/mol. The normalized spacial score (nSPS) is 17.0. The van der Waals surface area contributed by atoms with Gasteiger partial charge < -0.3 is 14.8 Å². The number of benzene rings is 2. The van der Waals surface area contributed by atoms with E-state index in [1.807, 2.05) is 0 Å². The molecule has 0 atom stereocenters. The molecule has 1 heterocycles. The highest BCUT2D eigenvalue weighted by atomic mass is 35.5. The number of nitrogens with one attached hydrogen (secondary N) is 1. The molecule has 0 saturated carbocycles. The number of hydrogen-bond acceptors (Lipinski definition) is 5. The number of ether oxygens (including phenoxy) is 2. The summed E-state index contributed by atoms with van der Waals surface area (Å²) in [6, 6.07) is 7.94. The summed E-state index contributed by atoms with van der Waals surface area (Å²) in [5.41, 5.74) is -0.285. The highest BCUT2D eigenvalue weighted by molar-refractivity contribution is 8.18. The third-order valence-electron chi connectivity index (χ3n) is 3.85. The Hall–Kier alpha value is -2.65. The van der Waals surface area contributed by atoms with E-state index >= 15 is 0 Å². The maximum Gasteiger partial charge on any atom is 0.416 e. The minimum Gasteiger partial charge on any atom is -0.493 e. The Morgan fingerprint density at radius 2 is 1.83 bits per heavy atom. The summed E-state index contributed by atoms with van der Waals surface area (Å²) < 4.78 is 49.1. The van der Waals surface area contributed by atoms with E-state index in [0.717, 1.165) is 30.0 Å². The molecule has 152 valence electrons. The molecule has 2 aromatic rings. The zero-order valence-electron chi connectivity index (χ0n) is 15.1. The number of hydrogen-bond donors (Lipinski definition) is 1. The number of aliphatic imine (C=N–C) groups is 1. The zero-order chi connectivity index (χ0) is 21.2. The Morgan fingerprint density at radius 3 is 2.48 bits per heavy atom. The van der Waals surface area contributed by atoms with Gasteiger partial charge >= 0.3 is 6.18 Å². The van der Waals surface area contributed by atoms with Crippen LogP contribution in [0.2, 0.25) is 5.02 Å². The lowest BCUT2D eigenvalue weighted by molar-refractivity contribution is -0.137. The molecule has 5 nitrogen and oxygen atoms in total. The van der Waals surface area contributed by atoms with Crippen molar-refractivity contribution < 1.29 is 27.4 Å². The summed E-state index contributed by atoms with van der Waals surface area (Å²) in [6.07, 6.45) is -2.91. The van der Waals surface area contributed by atoms with Crippen LogP contribution in [0.25, 0.3) is 6.08 Å². The zero-order valence-corrected chi connectivity index (χ0v) is 16.7. The fourth-order valence-corrected chi connectivity index (χ4v) is 3.45. The first-order valence-corrected chi connectivity index (χ1v) is 9.29. The average Bonchev–Trinajstić information content (AvgIpc) is 3.01. The lowest BCUT2D eigenvalue weighted by atomic mass is 10.2. The van der Waals surface area contributed by atoms with Crippen LogP contribution in [0.1, 0.15) is 11.1 Å². The van der Waals surface area contributed by atoms with E-state index in [-0.39, 0.29) is 15.9 Å². The van der Waals surface area contributed by atoms with Crippen molar-refractivity contribution in [1.82, 2.24) is 5.32 Å². The molecule has 0 radical (unpaired) electrons. The van der Waals surface area contributed by atoms with Gasteiger partial charge in [0, 0.05) is 0 Å². The van der Waals surface area contributed by atoms with Gasteiger partial charge in [0.1, 0.15) is 0 Å². The molecule has 0 aromatic heterocycles. The maximum absolute atomic E-state index is 12.9. The number of methoxy groups -OCH3 is 2. The molecule has 3 rings (SSSR count). The van der Waals surface area contributed by atoms with E-state index in [9.17, 15) is 18.0 Å². The molecule has 0 aliphatic carbocycles. The molecule has 0 spiro atoms. The smallest absolute Gasteiger partial charge is 0.416 e. The quantitative estimate of drug-likeness (QED) is 0.655. The van der Waals surface area contributed by atoms with E-state index in [4.69, 9.17) is 21.1 Å². The van der Waals surface area contributed by atoms with Gasteiger partial charge in [-0.15, -0.1) is 0 Å². The Morgan fingerprint density at radius 1 is 1.10 bits per heavy atom. The van der Waals surface area contributed by atoms with Crippen molar-refractivity contribution in [2.45, 2.75) is 6.18 Å². The first-order chi connectivity index (χ1) is 13.7. The van der Waals surface area contributed by atoms with E-state index in [0.29, 0.717) is 22.0 Å². The van der Waals surface area contributed by atoms with E-state index < -0.39 is 17.6 Å². The molecule has 1 aliphatic heterocycles. The van der Waals surface area contributed by atoms with Crippen LogP contribution in [0.5, 0.6) is 11.5 Å². The summed E-state index contributed by atoms with van der Waals surface area (Å²) in [4.78, 5) is 16.6. The number of alkyl halides is 3. The first kappa shape index (κ1) is 21.1. The van der Waals surface area contributed by atoms with Crippen molar-refractivity contribution in [1.29, 1.82) is 0 Å². The van der Waals surface area contributed by atoms with Crippen LogP contribution in [0.4, 0.5) is 18.9 Å². The molecule has 1 amide bonds. The Labute approximate surface area is 173 Å². The summed E-state index contributed by atoms with van der Waals surface area (Å²) in [7, 11) is 3.01. The van der Waals surface area contributed by atoms with Crippen molar-refractivity contribution in [3.63, 3.8) is 0 Å². The number of amidine groups is 1. The van der Waals surface area contributed by atoms with Gasteiger partial charge in [-0.05, 0) is 53.7 Å². The van der Waals surface area contributed by atoms with Crippen LogP contribution < -0.4 is 14.8 Å². The minimum absolute atomic E-state index is 0.0395. The number of amides is 1. The minimum atomic E-state index is -4.52. The topological polar surface area (TPSA) is 59.9 Å². The van der Waals surface area contributed by atoms with Crippen LogP contribution in [0.15, 0.2) is 46.3 Å². The Balaban J connectivity index is 1.88. The van der Waals surface area contributed by atoms with Crippen molar-refractivity contribution in [3.8, 4) is 11.5 Å². The SMILES string of the molecule is COc1ccc(/C=C2\SC(=Nc3cc(C(F)(F)F)ccc3Cl)NC2=O)cc1OC. The fourth-order valence-electron chi connectivity index (χ4n) is 2.46. The molecule has 1 aliphatic rings. The Bertz CT molecular complexity index is 1020.